The fourth-order valence-electron chi connectivity index (χ4n) is 2.31. The molecule has 1 aliphatic carbocycles. The number of fused-ring (bicyclic) bond motifs is 1. The highest BCUT2D eigenvalue weighted by Crippen LogP contribution is 2.29. The quantitative estimate of drug-likeness (QED) is 0.683. The van der Waals surface area contributed by atoms with Gasteiger partial charge < -0.3 is 0 Å². The molecule has 0 spiro atoms. The van der Waals surface area contributed by atoms with Crippen LogP contribution in [0, 0.1) is 10.1 Å². The topological polar surface area (TPSA) is 85.1 Å². The molecule has 0 atom stereocenters. The summed E-state index contributed by atoms with van der Waals surface area (Å²) in [6.45, 7) is 0. The number of rotatable bonds is 3. The van der Waals surface area contributed by atoms with Crippen LogP contribution in [-0.2, 0) is 12.8 Å². The maximum Gasteiger partial charge on any atom is 0.269 e. The van der Waals surface area contributed by atoms with E-state index in [4.69, 9.17) is 0 Å². The Labute approximate surface area is 137 Å². The van der Waals surface area contributed by atoms with Crippen LogP contribution in [0.5, 0.6) is 0 Å². The first-order valence-corrected chi connectivity index (χ1v) is 7.49. The van der Waals surface area contributed by atoms with Crippen LogP contribution in [0.3, 0.4) is 0 Å². The Hall–Kier alpha value is -1.99. The molecule has 0 aliphatic heterocycles. The van der Waals surface area contributed by atoms with Crippen molar-refractivity contribution in [2.45, 2.75) is 25.7 Å². The first-order valence-electron chi connectivity index (χ1n) is 6.68. The van der Waals surface area contributed by atoms with Gasteiger partial charge in [-0.2, -0.15) is 0 Å². The van der Waals surface area contributed by atoms with Gasteiger partial charge in [0, 0.05) is 22.6 Å². The summed E-state index contributed by atoms with van der Waals surface area (Å²) in [5.74, 6) is -0.295. The third-order valence-electron chi connectivity index (χ3n) is 3.41. The molecule has 0 bridgehead atoms. The van der Waals surface area contributed by atoms with E-state index < -0.39 is 4.92 Å². The third kappa shape index (κ3) is 3.42. The molecule has 2 aromatic rings. The van der Waals surface area contributed by atoms with Crippen molar-refractivity contribution in [3.63, 3.8) is 0 Å². The summed E-state index contributed by atoms with van der Waals surface area (Å²) in [4.78, 5) is 27.9. The lowest BCUT2D eigenvalue weighted by Gasteiger charge is -2.06. The number of anilines is 1. The number of nitro groups is 1. The highest BCUT2D eigenvalue weighted by atomic mass is 35.5. The van der Waals surface area contributed by atoms with Crippen LogP contribution < -0.4 is 5.32 Å². The Morgan fingerprint density at radius 2 is 1.91 bits per heavy atom. The number of aryl methyl sites for hydroxylation is 2. The zero-order chi connectivity index (χ0) is 14.8. The Morgan fingerprint density at radius 1 is 1.23 bits per heavy atom. The lowest BCUT2D eigenvalue weighted by Crippen LogP contribution is -2.11. The van der Waals surface area contributed by atoms with Gasteiger partial charge in [-0.3, -0.25) is 20.2 Å². The Balaban J connectivity index is 0.00000176. The number of aromatic nitrogens is 1. The molecule has 0 saturated heterocycles. The van der Waals surface area contributed by atoms with Crippen molar-refractivity contribution in [2.24, 2.45) is 0 Å². The third-order valence-corrected chi connectivity index (χ3v) is 4.48. The number of amides is 1. The van der Waals surface area contributed by atoms with Crippen LogP contribution in [-0.4, -0.2) is 15.8 Å². The molecule has 1 aliphatic rings. The predicted octanol–water partition coefficient (Wildman–Crippen LogP) is 3.60. The van der Waals surface area contributed by atoms with Gasteiger partial charge in [0.05, 0.1) is 10.6 Å². The lowest BCUT2D eigenvalue weighted by atomic mass is 10.0. The molecule has 8 heteroatoms. The largest absolute Gasteiger partial charge is 0.298 e. The van der Waals surface area contributed by atoms with Gasteiger partial charge in [0.1, 0.15) is 0 Å². The van der Waals surface area contributed by atoms with Gasteiger partial charge in [-0.05, 0) is 37.8 Å². The van der Waals surface area contributed by atoms with Crippen LogP contribution in [0.4, 0.5) is 10.8 Å². The standard InChI is InChI=1S/C14H13N3O3S.ClH/c18-13(9-5-7-10(8-6-9)17(19)20)16-14-15-11-3-1-2-4-12(11)21-14;/h5-8H,1-4H2,(H,15,16,18);1H. The van der Waals surface area contributed by atoms with Crippen molar-refractivity contribution in [2.75, 3.05) is 5.32 Å². The summed E-state index contributed by atoms with van der Waals surface area (Å²) in [7, 11) is 0. The first-order chi connectivity index (χ1) is 10.1. The maximum absolute atomic E-state index is 12.1. The van der Waals surface area contributed by atoms with Gasteiger partial charge >= 0.3 is 0 Å². The highest BCUT2D eigenvalue weighted by molar-refractivity contribution is 7.15. The second-order valence-electron chi connectivity index (χ2n) is 4.85. The Kier molecular flexibility index (Phi) is 5.10. The van der Waals surface area contributed by atoms with Crippen LogP contribution in [0.25, 0.3) is 0 Å². The van der Waals surface area contributed by atoms with E-state index in [-0.39, 0.29) is 24.0 Å². The molecule has 0 fully saturated rings. The van der Waals surface area contributed by atoms with Crippen molar-refractivity contribution in [3.8, 4) is 0 Å². The molecule has 0 radical (unpaired) electrons. The second kappa shape index (κ2) is 6.85. The van der Waals surface area contributed by atoms with E-state index in [2.05, 4.69) is 10.3 Å². The molecule has 1 N–H and O–H groups in total. The number of nitrogens with one attached hydrogen (secondary N) is 1. The average molecular weight is 340 g/mol. The molecule has 22 heavy (non-hydrogen) atoms. The highest BCUT2D eigenvalue weighted by Gasteiger charge is 2.17. The molecule has 0 unspecified atom stereocenters. The van der Waals surface area contributed by atoms with E-state index in [0.29, 0.717) is 10.7 Å². The molecule has 3 rings (SSSR count). The Morgan fingerprint density at radius 3 is 2.55 bits per heavy atom. The molecule has 0 saturated carbocycles. The van der Waals surface area contributed by atoms with Crippen molar-refractivity contribution < 1.29 is 9.72 Å². The van der Waals surface area contributed by atoms with Gasteiger partial charge in [-0.1, -0.05) is 0 Å². The number of benzene rings is 1. The van der Waals surface area contributed by atoms with Crippen LogP contribution >= 0.6 is 23.7 Å². The van der Waals surface area contributed by atoms with Gasteiger partial charge in [0.2, 0.25) is 0 Å². The van der Waals surface area contributed by atoms with E-state index in [0.717, 1.165) is 25.0 Å². The second-order valence-corrected chi connectivity index (χ2v) is 5.94. The first kappa shape index (κ1) is 16.4. The SMILES string of the molecule is Cl.O=C(Nc1nc2c(s1)CCCC2)c1ccc([N+](=O)[O-])cc1. The normalized spacial score (nSPS) is 12.9. The smallest absolute Gasteiger partial charge is 0.269 e. The van der Waals surface area contributed by atoms with Gasteiger partial charge in [-0.25, -0.2) is 4.98 Å². The van der Waals surface area contributed by atoms with Crippen molar-refractivity contribution >= 4 is 40.5 Å². The number of nitro benzene ring substituents is 1. The maximum atomic E-state index is 12.1. The minimum Gasteiger partial charge on any atom is -0.298 e. The number of thiazole rings is 1. The summed E-state index contributed by atoms with van der Waals surface area (Å²) in [6, 6.07) is 5.53. The zero-order valence-electron chi connectivity index (χ0n) is 11.6. The summed E-state index contributed by atoms with van der Waals surface area (Å²) >= 11 is 1.52. The van der Waals surface area contributed by atoms with Gasteiger partial charge in [-0.15, -0.1) is 23.7 Å². The number of carbonyl (C=O) groups is 1. The van der Waals surface area contributed by atoms with E-state index >= 15 is 0 Å². The van der Waals surface area contributed by atoms with Crippen LogP contribution in [0.15, 0.2) is 24.3 Å². The van der Waals surface area contributed by atoms with Gasteiger partial charge in [0.25, 0.3) is 11.6 Å². The fourth-order valence-corrected chi connectivity index (χ4v) is 3.35. The predicted molar refractivity (Wildman–Crippen MR) is 87.1 cm³/mol. The fraction of sp³-hybridized carbons (Fsp3) is 0.286. The number of carbonyl (C=O) groups excluding carboxylic acids is 1. The molecule has 1 aromatic heterocycles. The molecular formula is C14H14ClN3O3S. The van der Waals surface area contributed by atoms with Crippen molar-refractivity contribution in [3.05, 3.63) is 50.5 Å². The number of hydrogen-bond donors (Lipinski definition) is 1. The monoisotopic (exact) mass is 339 g/mol. The van der Waals surface area contributed by atoms with E-state index in [9.17, 15) is 14.9 Å². The minimum absolute atomic E-state index is 0. The number of nitrogens with zero attached hydrogens (tertiary/aromatic N) is 2. The molecule has 116 valence electrons. The number of hydrogen-bond acceptors (Lipinski definition) is 5. The summed E-state index contributed by atoms with van der Waals surface area (Å²) in [5, 5.41) is 13.9. The summed E-state index contributed by atoms with van der Waals surface area (Å²) in [6.07, 6.45) is 4.32. The summed E-state index contributed by atoms with van der Waals surface area (Å²) < 4.78 is 0. The molecule has 6 nitrogen and oxygen atoms in total. The minimum atomic E-state index is -0.490. The van der Waals surface area contributed by atoms with Crippen molar-refractivity contribution in [1.29, 1.82) is 0 Å². The zero-order valence-corrected chi connectivity index (χ0v) is 13.2. The summed E-state index contributed by atoms with van der Waals surface area (Å²) in [5.41, 5.74) is 1.44. The average Bonchev–Trinajstić information content (AvgIpc) is 2.89. The molecule has 1 amide bonds. The molecule has 1 aromatic carbocycles. The molecule has 1 heterocycles. The van der Waals surface area contributed by atoms with Crippen LogP contribution in [0.2, 0.25) is 0 Å². The number of non-ortho nitro benzene ring substituents is 1. The van der Waals surface area contributed by atoms with E-state index in [1.165, 1.54) is 46.9 Å². The van der Waals surface area contributed by atoms with Crippen LogP contribution in [0.1, 0.15) is 33.8 Å². The van der Waals surface area contributed by atoms with Gasteiger partial charge in [0.15, 0.2) is 5.13 Å². The lowest BCUT2D eigenvalue weighted by molar-refractivity contribution is -0.384. The number of halogens is 1. The molecular weight excluding hydrogens is 326 g/mol. The van der Waals surface area contributed by atoms with E-state index in [1.54, 1.807) is 0 Å². The van der Waals surface area contributed by atoms with E-state index in [1.807, 2.05) is 0 Å². The van der Waals surface area contributed by atoms with Crippen molar-refractivity contribution in [1.82, 2.24) is 4.98 Å². The Bertz CT molecular complexity index is 676.